The van der Waals surface area contributed by atoms with Gasteiger partial charge in [-0.3, -0.25) is 9.56 Å². The highest BCUT2D eigenvalue weighted by atomic mass is 15.1. The van der Waals surface area contributed by atoms with E-state index in [0.717, 1.165) is 11.0 Å². The molecule has 0 bridgehead atoms. The molecule has 0 atom stereocenters. The molecule has 0 saturated heterocycles. The second-order valence-corrected chi connectivity index (χ2v) is 11.6. The maximum absolute atomic E-state index is 6.56. The van der Waals surface area contributed by atoms with Crippen LogP contribution >= 0.6 is 0 Å². The molecule has 7 aromatic carbocycles. The van der Waals surface area contributed by atoms with E-state index in [9.17, 15) is 0 Å². The summed E-state index contributed by atoms with van der Waals surface area (Å²) in [6.07, 6.45) is 0. The van der Waals surface area contributed by atoms with Gasteiger partial charge in [0, 0.05) is 17.8 Å². The average Bonchev–Trinajstić information content (AvgIpc) is 3.66. The van der Waals surface area contributed by atoms with Crippen molar-refractivity contribution in [2.75, 3.05) is 7.05 Å². The number of rotatable bonds is 0. The Kier molecular flexibility index (Phi) is 3.96. The predicted molar refractivity (Wildman–Crippen MR) is 175 cm³/mol. The van der Waals surface area contributed by atoms with Crippen molar-refractivity contribution in [2.24, 2.45) is 10.7 Å². The first-order chi connectivity index (χ1) is 20.7. The van der Waals surface area contributed by atoms with Gasteiger partial charge in [0.2, 0.25) is 0 Å². The summed E-state index contributed by atoms with van der Waals surface area (Å²) in [6, 6.07) is 45.1. The molecule has 42 heavy (non-hydrogen) atoms. The van der Waals surface area contributed by atoms with E-state index in [0.29, 0.717) is 5.96 Å². The van der Waals surface area contributed by atoms with Crippen molar-refractivity contribution in [2.45, 2.75) is 5.41 Å². The van der Waals surface area contributed by atoms with Gasteiger partial charge in [0.1, 0.15) is 0 Å². The molecule has 2 aliphatic rings. The second-order valence-electron chi connectivity index (χ2n) is 11.6. The van der Waals surface area contributed by atoms with Crippen LogP contribution in [0.2, 0.25) is 0 Å². The molecule has 2 aliphatic carbocycles. The number of nitrogens with zero attached hydrogens (tertiary/aromatic N) is 2. The van der Waals surface area contributed by atoms with Crippen molar-refractivity contribution in [3.05, 3.63) is 144 Å². The predicted octanol–water partition coefficient (Wildman–Crippen LogP) is 8.67. The van der Waals surface area contributed by atoms with Crippen molar-refractivity contribution < 1.29 is 0 Å². The third-order valence-corrected chi connectivity index (χ3v) is 9.99. The lowest BCUT2D eigenvalue weighted by atomic mass is 9.69. The highest BCUT2D eigenvalue weighted by Gasteiger charge is 2.52. The minimum absolute atomic E-state index is 0.412. The molecule has 0 saturated carbocycles. The van der Waals surface area contributed by atoms with Crippen molar-refractivity contribution >= 4 is 49.3 Å². The third-order valence-electron chi connectivity index (χ3n) is 9.99. The molecule has 3 nitrogen and oxygen atoms in total. The number of aromatic nitrogens is 1. The molecule has 1 spiro atoms. The van der Waals surface area contributed by atoms with Gasteiger partial charge >= 0.3 is 0 Å². The van der Waals surface area contributed by atoms with Gasteiger partial charge < -0.3 is 5.73 Å². The van der Waals surface area contributed by atoms with Gasteiger partial charge in [-0.15, -0.1) is 0 Å². The third kappa shape index (κ3) is 2.29. The summed E-state index contributed by atoms with van der Waals surface area (Å²) in [6.45, 7) is 0. The summed E-state index contributed by atoms with van der Waals surface area (Å²) < 4.78 is 2.12. The van der Waals surface area contributed by atoms with E-state index in [1.54, 1.807) is 7.05 Å². The van der Waals surface area contributed by atoms with E-state index in [1.807, 2.05) is 0 Å². The summed E-state index contributed by atoms with van der Waals surface area (Å²) in [5.41, 5.74) is 19.1. The normalized spacial score (nSPS) is 14.7. The Labute approximate surface area is 242 Å². The highest BCUT2D eigenvalue weighted by Crippen LogP contribution is 2.65. The summed E-state index contributed by atoms with van der Waals surface area (Å²) >= 11 is 0. The number of nitrogens with two attached hydrogens (primary N) is 1. The zero-order valence-electron chi connectivity index (χ0n) is 23.0. The van der Waals surface area contributed by atoms with Crippen LogP contribution < -0.4 is 5.73 Å². The fourth-order valence-electron chi connectivity index (χ4n) is 8.58. The minimum Gasteiger partial charge on any atom is -0.369 e. The van der Waals surface area contributed by atoms with Crippen LogP contribution in [0.1, 0.15) is 22.3 Å². The van der Waals surface area contributed by atoms with E-state index >= 15 is 0 Å². The fraction of sp³-hybridized carbons (Fsp3) is 0.0513. The van der Waals surface area contributed by atoms with Crippen LogP contribution in [0, 0.1) is 0 Å². The Balaban J connectivity index is 1.52. The van der Waals surface area contributed by atoms with Crippen molar-refractivity contribution in [1.82, 2.24) is 4.57 Å². The zero-order chi connectivity index (χ0) is 27.7. The summed E-state index contributed by atoms with van der Waals surface area (Å²) in [5, 5.41) is 7.62. The van der Waals surface area contributed by atoms with Gasteiger partial charge in [0.25, 0.3) is 0 Å². The number of benzene rings is 7. The molecule has 3 heteroatoms. The largest absolute Gasteiger partial charge is 0.369 e. The number of hydrogen-bond acceptors (Lipinski definition) is 1. The minimum atomic E-state index is -0.412. The quantitative estimate of drug-likeness (QED) is 0.118. The lowest BCUT2D eigenvalue weighted by Gasteiger charge is -2.32. The Bertz CT molecular complexity index is 2430. The first-order valence-corrected chi connectivity index (χ1v) is 14.5. The Morgan fingerprint density at radius 3 is 1.62 bits per heavy atom. The lowest BCUT2D eigenvalue weighted by molar-refractivity contribution is 0.802. The van der Waals surface area contributed by atoms with Crippen LogP contribution in [-0.4, -0.2) is 17.6 Å². The van der Waals surface area contributed by atoms with Crippen LogP contribution in [0.5, 0.6) is 0 Å². The van der Waals surface area contributed by atoms with Crippen molar-refractivity contribution in [1.29, 1.82) is 0 Å². The van der Waals surface area contributed by atoms with Gasteiger partial charge in [-0.25, -0.2) is 0 Å². The number of aliphatic imine (C=N–C) groups is 1. The molecule has 1 heterocycles. The maximum atomic E-state index is 6.56. The number of fused-ring (bicyclic) bond motifs is 14. The van der Waals surface area contributed by atoms with Gasteiger partial charge in [0.15, 0.2) is 5.96 Å². The first-order valence-electron chi connectivity index (χ1n) is 14.5. The Hall–Kier alpha value is -5.41. The van der Waals surface area contributed by atoms with Crippen LogP contribution in [-0.2, 0) is 5.41 Å². The van der Waals surface area contributed by atoms with E-state index in [2.05, 4.69) is 131 Å². The van der Waals surface area contributed by atoms with E-state index in [4.69, 9.17) is 5.73 Å². The van der Waals surface area contributed by atoms with E-state index in [1.165, 1.54) is 76.8 Å². The van der Waals surface area contributed by atoms with Crippen LogP contribution in [0.3, 0.4) is 0 Å². The molecule has 0 amide bonds. The van der Waals surface area contributed by atoms with Gasteiger partial charge in [-0.2, -0.15) is 0 Å². The highest BCUT2D eigenvalue weighted by molar-refractivity contribution is 6.36. The molecule has 0 fully saturated rings. The average molecular weight is 536 g/mol. The second kappa shape index (κ2) is 7.45. The SMILES string of the molecule is CN=C(N)n1c2cccc3c4ccc5c(c4c4cccc1c4c32)C1(c2ccccc2-c2ccccc21)c1ccccc1-5. The van der Waals surface area contributed by atoms with E-state index < -0.39 is 5.41 Å². The van der Waals surface area contributed by atoms with Gasteiger partial charge in [-0.05, 0) is 78.2 Å². The van der Waals surface area contributed by atoms with E-state index in [-0.39, 0.29) is 0 Å². The maximum Gasteiger partial charge on any atom is 0.200 e. The smallest absolute Gasteiger partial charge is 0.200 e. The van der Waals surface area contributed by atoms with Crippen molar-refractivity contribution in [3.8, 4) is 22.3 Å². The molecule has 10 rings (SSSR count). The molecule has 1 aromatic heterocycles. The van der Waals surface area contributed by atoms with Crippen LogP contribution in [0.4, 0.5) is 0 Å². The molecule has 0 unspecified atom stereocenters. The standard InChI is InChI=1S/C39H25N3/c1-41-38(40)42-32-18-8-13-25-26-20-21-27-24-12-4-7-17-31(24)39(29-15-5-2-10-22(29)23-11-3-6-16-30(23)39)37(27)34(26)28-14-9-19-33(42)36(28)35(25)32/h2-21H,1H3,(H2,40,41). The monoisotopic (exact) mass is 535 g/mol. The summed E-state index contributed by atoms with van der Waals surface area (Å²) in [5.74, 6) is 0.503. The first kappa shape index (κ1) is 22.3. The van der Waals surface area contributed by atoms with Gasteiger partial charge in [0.05, 0.1) is 16.4 Å². The Morgan fingerprint density at radius 2 is 1.02 bits per heavy atom. The molecule has 2 N–H and O–H groups in total. The fourth-order valence-corrected chi connectivity index (χ4v) is 8.58. The number of hydrogen-bond donors (Lipinski definition) is 1. The zero-order valence-corrected chi connectivity index (χ0v) is 23.0. The molecule has 0 aliphatic heterocycles. The topological polar surface area (TPSA) is 43.3 Å². The van der Waals surface area contributed by atoms with Crippen molar-refractivity contribution in [3.63, 3.8) is 0 Å². The van der Waals surface area contributed by atoms with Crippen LogP contribution in [0.15, 0.2) is 126 Å². The molecule has 196 valence electrons. The summed E-state index contributed by atoms with van der Waals surface area (Å²) in [4.78, 5) is 4.41. The van der Waals surface area contributed by atoms with Crippen LogP contribution in [0.25, 0.3) is 65.6 Å². The molecular weight excluding hydrogens is 510 g/mol. The van der Waals surface area contributed by atoms with Gasteiger partial charge in [-0.1, -0.05) is 109 Å². The lowest BCUT2D eigenvalue weighted by Crippen LogP contribution is -2.26. The Morgan fingerprint density at radius 1 is 0.524 bits per heavy atom. The molecule has 0 radical (unpaired) electrons. The molecular formula is C39H25N3. The summed E-state index contributed by atoms with van der Waals surface area (Å²) in [7, 11) is 1.76. The molecule has 8 aromatic rings.